The Morgan fingerprint density at radius 1 is 1.21 bits per heavy atom. The number of aromatic nitrogens is 5. The van der Waals surface area contributed by atoms with Crippen molar-refractivity contribution in [3.8, 4) is 5.88 Å². The van der Waals surface area contributed by atoms with E-state index in [-0.39, 0.29) is 5.88 Å². The van der Waals surface area contributed by atoms with Gasteiger partial charge in [-0.1, -0.05) is 6.92 Å². The van der Waals surface area contributed by atoms with E-state index in [1.807, 2.05) is 19.9 Å². The van der Waals surface area contributed by atoms with E-state index < -0.39 is 5.82 Å². The van der Waals surface area contributed by atoms with E-state index in [1.165, 1.54) is 6.33 Å². The van der Waals surface area contributed by atoms with E-state index in [0.29, 0.717) is 24.6 Å². The molecule has 1 aliphatic heterocycles. The number of aryl methyl sites for hydroxylation is 2. The van der Waals surface area contributed by atoms with Gasteiger partial charge in [0.2, 0.25) is 5.82 Å². The number of pyridine rings is 1. The standard InChI is InChI=1S/C20H23FN6O/c1-3-16-18(21)20(24-12-23-16)28-11-14-5-8-27(9-6-14)19-15-4-7-22-10-17(15)25-13(2)26-19/h4,7,10,12,14H,3,5-6,8-9,11H2,1-2H3. The highest BCUT2D eigenvalue weighted by Gasteiger charge is 2.23. The summed E-state index contributed by atoms with van der Waals surface area (Å²) in [6.45, 7) is 5.96. The monoisotopic (exact) mass is 382 g/mol. The largest absolute Gasteiger partial charge is 0.475 e. The second-order valence-corrected chi connectivity index (χ2v) is 7.02. The highest BCUT2D eigenvalue weighted by atomic mass is 19.1. The summed E-state index contributed by atoms with van der Waals surface area (Å²) in [5.74, 6) is 1.66. The van der Waals surface area contributed by atoms with Crippen molar-refractivity contribution >= 4 is 16.7 Å². The molecule has 0 saturated carbocycles. The predicted molar refractivity (Wildman–Crippen MR) is 104 cm³/mol. The third-order valence-electron chi connectivity index (χ3n) is 5.13. The normalized spacial score (nSPS) is 15.2. The fourth-order valence-corrected chi connectivity index (χ4v) is 3.56. The molecule has 0 N–H and O–H groups in total. The minimum atomic E-state index is -0.445. The second kappa shape index (κ2) is 8.00. The number of hydrogen-bond donors (Lipinski definition) is 0. The van der Waals surface area contributed by atoms with Crippen LogP contribution in [0.15, 0.2) is 24.8 Å². The summed E-state index contributed by atoms with van der Waals surface area (Å²) >= 11 is 0. The Balaban J connectivity index is 1.41. The van der Waals surface area contributed by atoms with E-state index in [4.69, 9.17) is 4.74 Å². The third-order valence-corrected chi connectivity index (χ3v) is 5.13. The van der Waals surface area contributed by atoms with Crippen molar-refractivity contribution in [2.75, 3.05) is 24.6 Å². The van der Waals surface area contributed by atoms with Crippen molar-refractivity contribution in [2.24, 2.45) is 5.92 Å². The van der Waals surface area contributed by atoms with Crippen LogP contribution in [0.3, 0.4) is 0 Å². The lowest BCUT2D eigenvalue weighted by Gasteiger charge is -2.33. The minimum Gasteiger partial charge on any atom is -0.475 e. The van der Waals surface area contributed by atoms with Crippen molar-refractivity contribution in [3.05, 3.63) is 42.1 Å². The molecule has 28 heavy (non-hydrogen) atoms. The molecule has 0 unspecified atom stereocenters. The number of ether oxygens (including phenoxy) is 1. The average molecular weight is 382 g/mol. The van der Waals surface area contributed by atoms with Gasteiger partial charge in [0.1, 0.15) is 18.0 Å². The first-order chi connectivity index (χ1) is 13.7. The number of nitrogens with zero attached hydrogens (tertiary/aromatic N) is 6. The Morgan fingerprint density at radius 2 is 2.04 bits per heavy atom. The average Bonchev–Trinajstić information content (AvgIpc) is 2.73. The molecule has 4 heterocycles. The van der Waals surface area contributed by atoms with Crippen LogP contribution < -0.4 is 9.64 Å². The van der Waals surface area contributed by atoms with Crippen LogP contribution in [0.4, 0.5) is 10.2 Å². The zero-order chi connectivity index (χ0) is 19.5. The first kappa shape index (κ1) is 18.5. The SMILES string of the molecule is CCc1ncnc(OCC2CCN(c3nc(C)nc4cnccc34)CC2)c1F. The highest BCUT2D eigenvalue weighted by molar-refractivity contribution is 5.88. The van der Waals surface area contributed by atoms with Gasteiger partial charge in [-0.3, -0.25) is 4.98 Å². The van der Waals surface area contributed by atoms with E-state index in [0.717, 1.165) is 48.5 Å². The van der Waals surface area contributed by atoms with Crippen LogP contribution >= 0.6 is 0 Å². The lowest BCUT2D eigenvalue weighted by atomic mass is 9.97. The Bertz CT molecular complexity index is 974. The Morgan fingerprint density at radius 3 is 2.82 bits per heavy atom. The predicted octanol–water partition coefficient (Wildman–Crippen LogP) is 3.12. The molecule has 1 saturated heterocycles. The summed E-state index contributed by atoms with van der Waals surface area (Å²) < 4.78 is 19.9. The summed E-state index contributed by atoms with van der Waals surface area (Å²) in [4.78, 5) is 23.4. The zero-order valence-electron chi connectivity index (χ0n) is 16.1. The Labute approximate surface area is 163 Å². The van der Waals surface area contributed by atoms with Crippen LogP contribution in [0.5, 0.6) is 5.88 Å². The van der Waals surface area contributed by atoms with Crippen molar-refractivity contribution in [1.29, 1.82) is 0 Å². The van der Waals surface area contributed by atoms with Gasteiger partial charge in [-0.05, 0) is 38.2 Å². The molecular weight excluding hydrogens is 359 g/mol. The van der Waals surface area contributed by atoms with Crippen molar-refractivity contribution in [2.45, 2.75) is 33.1 Å². The van der Waals surface area contributed by atoms with Gasteiger partial charge in [-0.2, -0.15) is 9.37 Å². The van der Waals surface area contributed by atoms with E-state index in [9.17, 15) is 4.39 Å². The van der Waals surface area contributed by atoms with Crippen LogP contribution in [0.2, 0.25) is 0 Å². The molecule has 8 heteroatoms. The number of fused-ring (bicyclic) bond motifs is 1. The molecular formula is C20H23FN6O. The second-order valence-electron chi connectivity index (χ2n) is 7.02. The fourth-order valence-electron chi connectivity index (χ4n) is 3.56. The molecule has 4 rings (SSSR count). The van der Waals surface area contributed by atoms with Crippen LogP contribution in [0.25, 0.3) is 10.9 Å². The van der Waals surface area contributed by atoms with Gasteiger partial charge in [0.25, 0.3) is 5.88 Å². The van der Waals surface area contributed by atoms with Gasteiger partial charge in [0.05, 0.1) is 24.0 Å². The highest BCUT2D eigenvalue weighted by Crippen LogP contribution is 2.28. The maximum Gasteiger partial charge on any atom is 0.253 e. The molecule has 0 aliphatic carbocycles. The van der Waals surface area contributed by atoms with Gasteiger partial charge < -0.3 is 9.64 Å². The smallest absolute Gasteiger partial charge is 0.253 e. The van der Waals surface area contributed by atoms with E-state index in [2.05, 4.69) is 29.8 Å². The van der Waals surface area contributed by atoms with Crippen LogP contribution in [-0.4, -0.2) is 44.6 Å². The van der Waals surface area contributed by atoms with Gasteiger partial charge in [-0.25, -0.2) is 15.0 Å². The van der Waals surface area contributed by atoms with Gasteiger partial charge in [0.15, 0.2) is 0 Å². The molecule has 0 aromatic carbocycles. The lowest BCUT2D eigenvalue weighted by Crippen LogP contribution is -2.36. The molecule has 0 spiro atoms. The zero-order valence-corrected chi connectivity index (χ0v) is 16.1. The van der Waals surface area contributed by atoms with Crippen LogP contribution in [0.1, 0.15) is 31.3 Å². The molecule has 0 amide bonds. The van der Waals surface area contributed by atoms with Crippen molar-refractivity contribution in [3.63, 3.8) is 0 Å². The number of hydrogen-bond acceptors (Lipinski definition) is 7. The summed E-state index contributed by atoms with van der Waals surface area (Å²) in [6, 6.07) is 1.96. The number of piperidine rings is 1. The van der Waals surface area contributed by atoms with Gasteiger partial charge in [0, 0.05) is 24.7 Å². The van der Waals surface area contributed by atoms with Crippen LogP contribution in [-0.2, 0) is 6.42 Å². The molecule has 0 bridgehead atoms. The van der Waals surface area contributed by atoms with Crippen molar-refractivity contribution < 1.29 is 9.13 Å². The number of halogens is 1. The first-order valence-electron chi connectivity index (χ1n) is 9.61. The summed E-state index contributed by atoms with van der Waals surface area (Å²) in [5.41, 5.74) is 1.25. The molecule has 1 fully saturated rings. The lowest BCUT2D eigenvalue weighted by molar-refractivity contribution is 0.206. The fraction of sp³-hybridized carbons (Fsp3) is 0.450. The summed E-state index contributed by atoms with van der Waals surface area (Å²) in [5, 5.41) is 1.02. The number of anilines is 1. The minimum absolute atomic E-state index is 0.0548. The van der Waals surface area contributed by atoms with E-state index >= 15 is 0 Å². The van der Waals surface area contributed by atoms with Crippen molar-refractivity contribution in [1.82, 2.24) is 24.9 Å². The molecule has 1 aliphatic rings. The molecule has 146 valence electrons. The molecule has 0 atom stereocenters. The maximum atomic E-state index is 14.2. The number of rotatable bonds is 5. The molecule has 7 nitrogen and oxygen atoms in total. The first-order valence-corrected chi connectivity index (χ1v) is 9.61. The quantitative estimate of drug-likeness (QED) is 0.671. The third kappa shape index (κ3) is 3.72. The molecule has 0 radical (unpaired) electrons. The Hall–Kier alpha value is -2.90. The molecule has 3 aromatic rings. The van der Waals surface area contributed by atoms with Gasteiger partial charge >= 0.3 is 0 Å². The Kier molecular flexibility index (Phi) is 5.27. The summed E-state index contributed by atoms with van der Waals surface area (Å²) in [7, 11) is 0. The van der Waals surface area contributed by atoms with Crippen LogP contribution in [0, 0.1) is 18.7 Å². The van der Waals surface area contributed by atoms with Gasteiger partial charge in [-0.15, -0.1) is 0 Å². The van der Waals surface area contributed by atoms with E-state index in [1.54, 1.807) is 12.4 Å². The summed E-state index contributed by atoms with van der Waals surface area (Å²) in [6.07, 6.45) is 7.31. The topological polar surface area (TPSA) is 76.9 Å². The maximum absolute atomic E-state index is 14.2. The molecule has 3 aromatic heterocycles.